The molecule has 0 saturated heterocycles. The van der Waals surface area contributed by atoms with E-state index in [4.69, 9.17) is 11.6 Å². The topological polar surface area (TPSA) is 20.3 Å². The molecule has 1 aromatic heterocycles. The van der Waals surface area contributed by atoms with Gasteiger partial charge in [-0.25, -0.2) is 0 Å². The number of halogens is 2. The summed E-state index contributed by atoms with van der Waals surface area (Å²) in [6, 6.07) is 3.72. The summed E-state index contributed by atoms with van der Waals surface area (Å²) in [5.74, 6) is 2.18. The first-order valence-corrected chi connectivity index (χ1v) is 5.73. The minimum atomic E-state index is -0.216. The Bertz CT molecular complexity index is 393. The smallest absolute Gasteiger partial charge is 0.299 e. The van der Waals surface area contributed by atoms with Gasteiger partial charge < -0.3 is 4.90 Å². The molecule has 0 unspecified atom stereocenters. The van der Waals surface area contributed by atoms with Gasteiger partial charge in [0.2, 0.25) is 0 Å². The van der Waals surface area contributed by atoms with Crippen molar-refractivity contribution in [3.05, 3.63) is 21.3 Å². The molecule has 0 N–H and O–H groups in total. The zero-order valence-electron chi connectivity index (χ0n) is 7.38. The predicted molar refractivity (Wildman–Crippen MR) is 62.5 cm³/mol. The molecule has 0 aliphatic heterocycles. The van der Waals surface area contributed by atoms with Crippen molar-refractivity contribution in [3.8, 4) is 10.8 Å². The van der Waals surface area contributed by atoms with Gasteiger partial charge in [0.1, 0.15) is 0 Å². The highest BCUT2D eigenvalue weighted by Gasteiger charge is 2.07. The van der Waals surface area contributed by atoms with Gasteiger partial charge in [-0.2, -0.15) is 0 Å². The summed E-state index contributed by atoms with van der Waals surface area (Å²) < 4.78 is 0.729. The Labute approximate surface area is 100.0 Å². The van der Waals surface area contributed by atoms with Crippen LogP contribution in [0.2, 0.25) is 4.34 Å². The van der Waals surface area contributed by atoms with Gasteiger partial charge in [-0.1, -0.05) is 11.6 Å². The van der Waals surface area contributed by atoms with Gasteiger partial charge in [0.05, 0.1) is 10.9 Å². The maximum atomic E-state index is 11.2. The van der Waals surface area contributed by atoms with E-state index in [1.54, 1.807) is 7.05 Å². The highest BCUT2D eigenvalue weighted by atomic mass is 79.9. The van der Waals surface area contributed by atoms with Crippen LogP contribution in [0.3, 0.4) is 0 Å². The number of hydrogen-bond acceptors (Lipinski definition) is 2. The third-order valence-electron chi connectivity index (χ3n) is 1.52. The van der Waals surface area contributed by atoms with Gasteiger partial charge in [0, 0.05) is 33.8 Å². The van der Waals surface area contributed by atoms with Crippen molar-refractivity contribution in [1.82, 2.24) is 4.90 Å². The maximum Gasteiger partial charge on any atom is 0.299 e. The number of amides is 1. The molecule has 0 bridgehead atoms. The molecular formula is C9H7BrClNOS. The Kier molecular flexibility index (Phi) is 4.46. The van der Waals surface area contributed by atoms with Crippen molar-refractivity contribution in [2.75, 3.05) is 7.05 Å². The fraction of sp³-hybridized carbons (Fsp3) is 0.222. The van der Waals surface area contributed by atoms with Gasteiger partial charge in [-0.05, 0) is 17.0 Å². The molecule has 0 aliphatic carbocycles. The molecule has 1 amide bonds. The molecule has 1 heterocycles. The normalized spacial score (nSPS) is 9.07. The predicted octanol–water partition coefficient (Wildman–Crippen LogP) is 2.72. The van der Waals surface area contributed by atoms with E-state index >= 15 is 0 Å². The summed E-state index contributed by atoms with van der Waals surface area (Å²) in [4.78, 5) is 16.2. The Morgan fingerprint density at radius 3 is 2.93 bits per heavy atom. The molecule has 1 rings (SSSR count). The van der Waals surface area contributed by atoms with Gasteiger partial charge in [0.25, 0.3) is 5.91 Å². The maximum absolute atomic E-state index is 11.2. The molecule has 0 aromatic carbocycles. The second-order valence-corrected chi connectivity index (χ2v) is 4.78. The van der Waals surface area contributed by atoms with Crippen LogP contribution in [0.4, 0.5) is 0 Å². The SMILES string of the molecule is CN(Cc1ccc(Cl)s1)C(=O)C#CBr. The van der Waals surface area contributed by atoms with Gasteiger partial charge in [-0.15, -0.1) is 11.3 Å². The van der Waals surface area contributed by atoms with Crippen LogP contribution in [-0.2, 0) is 11.3 Å². The van der Waals surface area contributed by atoms with Crippen molar-refractivity contribution >= 4 is 44.8 Å². The van der Waals surface area contributed by atoms with Crippen LogP contribution in [0.25, 0.3) is 0 Å². The van der Waals surface area contributed by atoms with E-state index in [0.29, 0.717) is 6.54 Å². The molecule has 0 aliphatic rings. The fourth-order valence-electron chi connectivity index (χ4n) is 0.878. The van der Waals surface area contributed by atoms with Crippen LogP contribution in [0.5, 0.6) is 0 Å². The summed E-state index contributed by atoms with van der Waals surface area (Å²) >= 11 is 10.1. The van der Waals surface area contributed by atoms with E-state index < -0.39 is 0 Å². The lowest BCUT2D eigenvalue weighted by atomic mass is 10.4. The molecule has 1 aromatic rings. The van der Waals surface area contributed by atoms with E-state index in [1.807, 2.05) is 12.1 Å². The molecule has 0 spiro atoms. The number of carbonyl (C=O) groups is 1. The zero-order valence-corrected chi connectivity index (χ0v) is 10.5. The first kappa shape index (κ1) is 11.6. The highest BCUT2D eigenvalue weighted by Crippen LogP contribution is 2.22. The van der Waals surface area contributed by atoms with Crippen molar-refractivity contribution < 1.29 is 4.79 Å². The lowest BCUT2D eigenvalue weighted by Gasteiger charge is -2.11. The first-order valence-electron chi connectivity index (χ1n) is 3.74. The highest BCUT2D eigenvalue weighted by molar-refractivity contribution is 9.12. The number of thiophene rings is 1. The zero-order chi connectivity index (χ0) is 10.6. The lowest BCUT2D eigenvalue weighted by molar-refractivity contribution is -0.124. The quantitative estimate of drug-likeness (QED) is 0.768. The first-order chi connectivity index (χ1) is 6.63. The largest absolute Gasteiger partial charge is 0.330 e. The van der Waals surface area contributed by atoms with E-state index in [1.165, 1.54) is 16.2 Å². The molecule has 14 heavy (non-hydrogen) atoms. The van der Waals surface area contributed by atoms with Crippen molar-refractivity contribution in [3.63, 3.8) is 0 Å². The van der Waals surface area contributed by atoms with Crippen LogP contribution in [0, 0.1) is 10.8 Å². The lowest BCUT2D eigenvalue weighted by Crippen LogP contribution is -2.23. The van der Waals surface area contributed by atoms with E-state index in [-0.39, 0.29) is 5.91 Å². The summed E-state index contributed by atoms with van der Waals surface area (Å²) in [5, 5.41) is 0. The summed E-state index contributed by atoms with van der Waals surface area (Å²) in [7, 11) is 1.70. The number of nitrogens with zero attached hydrogens (tertiary/aromatic N) is 1. The standard InChI is InChI=1S/C9H7BrClNOS/c1-12(9(13)4-5-10)6-7-2-3-8(11)14-7/h2-3H,6H2,1H3. The van der Waals surface area contributed by atoms with E-state index in [2.05, 4.69) is 26.7 Å². The summed E-state index contributed by atoms with van der Waals surface area (Å²) in [6.07, 6.45) is 0. The van der Waals surface area contributed by atoms with E-state index in [0.717, 1.165) is 9.21 Å². The average molecular weight is 293 g/mol. The monoisotopic (exact) mass is 291 g/mol. The van der Waals surface area contributed by atoms with Crippen LogP contribution >= 0.6 is 38.9 Å². The molecule has 0 fully saturated rings. The third kappa shape index (κ3) is 3.33. The number of hydrogen-bond donors (Lipinski definition) is 0. The molecular weight excluding hydrogens is 286 g/mol. The fourth-order valence-corrected chi connectivity index (χ4v) is 2.19. The Morgan fingerprint density at radius 2 is 2.43 bits per heavy atom. The van der Waals surface area contributed by atoms with Crippen molar-refractivity contribution in [2.45, 2.75) is 6.54 Å². The summed E-state index contributed by atoms with van der Waals surface area (Å²) in [6.45, 7) is 0.540. The Morgan fingerprint density at radius 1 is 1.71 bits per heavy atom. The average Bonchev–Trinajstić information content (AvgIpc) is 2.51. The van der Waals surface area contributed by atoms with Crippen LogP contribution in [0.1, 0.15) is 4.88 Å². The molecule has 0 atom stereocenters. The molecule has 5 heteroatoms. The molecule has 74 valence electrons. The second kappa shape index (κ2) is 5.40. The third-order valence-corrected chi connectivity index (χ3v) is 2.94. The van der Waals surface area contributed by atoms with Crippen LogP contribution in [0.15, 0.2) is 12.1 Å². The van der Waals surface area contributed by atoms with Gasteiger partial charge in [0.15, 0.2) is 0 Å². The minimum absolute atomic E-state index is 0.216. The number of carbonyl (C=O) groups excluding carboxylic acids is 1. The summed E-state index contributed by atoms with van der Waals surface area (Å²) in [5.41, 5.74) is 0. The molecule has 0 saturated carbocycles. The van der Waals surface area contributed by atoms with Crippen LogP contribution in [-0.4, -0.2) is 17.9 Å². The van der Waals surface area contributed by atoms with Gasteiger partial charge >= 0.3 is 0 Å². The van der Waals surface area contributed by atoms with Crippen molar-refractivity contribution in [1.29, 1.82) is 0 Å². The van der Waals surface area contributed by atoms with Crippen molar-refractivity contribution in [2.24, 2.45) is 0 Å². The Balaban J connectivity index is 2.59. The Hall–Kier alpha value is -0.500. The second-order valence-electron chi connectivity index (χ2n) is 2.59. The minimum Gasteiger partial charge on any atom is -0.330 e. The number of rotatable bonds is 2. The molecule has 2 nitrogen and oxygen atoms in total. The van der Waals surface area contributed by atoms with E-state index in [9.17, 15) is 4.79 Å². The molecule has 0 radical (unpaired) electrons. The van der Waals surface area contributed by atoms with Crippen LogP contribution < -0.4 is 0 Å². The van der Waals surface area contributed by atoms with Gasteiger partial charge in [-0.3, -0.25) is 4.79 Å².